The third-order valence-electron chi connectivity index (χ3n) is 3.34. The molecule has 3 nitrogen and oxygen atoms in total. The second-order valence-corrected chi connectivity index (χ2v) is 8.81. The quantitative estimate of drug-likeness (QED) is 0.848. The van der Waals surface area contributed by atoms with Crippen LogP contribution in [0.3, 0.4) is 0 Å². The lowest BCUT2D eigenvalue weighted by atomic mass is 10.3. The van der Waals surface area contributed by atoms with Gasteiger partial charge in [0.15, 0.2) is 0 Å². The fourth-order valence-electron chi connectivity index (χ4n) is 2.39. The van der Waals surface area contributed by atoms with Crippen LogP contribution < -0.4 is 4.72 Å². The zero-order valence-electron chi connectivity index (χ0n) is 11.1. The zero-order chi connectivity index (χ0) is 14.8. The molecule has 1 aliphatic carbocycles. The predicted molar refractivity (Wildman–Crippen MR) is 84.0 cm³/mol. The molecule has 7 heteroatoms. The summed E-state index contributed by atoms with van der Waals surface area (Å²) >= 11 is 4.80. The lowest BCUT2D eigenvalue weighted by Gasteiger charge is -2.20. The standard InChI is InChI=1S/C13H17BrFNO2S2/c1-2-19-13-5-3-4-12(13)16-20(17,18)9-6-7-10(14)11(15)8-9/h6-8,12-13,16H,2-5H2,1H3. The van der Waals surface area contributed by atoms with Crippen molar-refractivity contribution in [1.29, 1.82) is 0 Å². The molecule has 0 bridgehead atoms. The Morgan fingerprint density at radius 1 is 1.45 bits per heavy atom. The van der Waals surface area contributed by atoms with Gasteiger partial charge in [0.1, 0.15) is 5.82 Å². The molecular weight excluding hydrogens is 365 g/mol. The Morgan fingerprint density at radius 2 is 2.20 bits per heavy atom. The first-order valence-corrected chi connectivity index (χ1v) is 9.85. The highest BCUT2D eigenvalue weighted by Crippen LogP contribution is 2.31. The topological polar surface area (TPSA) is 46.2 Å². The summed E-state index contributed by atoms with van der Waals surface area (Å²) in [5, 5.41) is 0.315. The maximum absolute atomic E-state index is 13.5. The summed E-state index contributed by atoms with van der Waals surface area (Å²) in [6.45, 7) is 2.07. The second kappa shape index (κ2) is 6.77. The van der Waals surface area contributed by atoms with E-state index in [1.165, 1.54) is 12.1 Å². The molecule has 1 saturated carbocycles. The highest BCUT2D eigenvalue weighted by molar-refractivity contribution is 9.10. The minimum absolute atomic E-state index is 0.0228. The van der Waals surface area contributed by atoms with Crippen molar-refractivity contribution in [2.45, 2.75) is 42.4 Å². The van der Waals surface area contributed by atoms with Crippen molar-refractivity contribution in [2.75, 3.05) is 5.75 Å². The van der Waals surface area contributed by atoms with Crippen molar-refractivity contribution in [2.24, 2.45) is 0 Å². The first-order valence-electron chi connectivity index (χ1n) is 6.53. The number of benzene rings is 1. The highest BCUT2D eigenvalue weighted by atomic mass is 79.9. The molecule has 1 aromatic carbocycles. The van der Waals surface area contributed by atoms with Crippen LogP contribution in [0.25, 0.3) is 0 Å². The van der Waals surface area contributed by atoms with Crippen LogP contribution in [0.2, 0.25) is 0 Å². The molecule has 0 aliphatic heterocycles. The molecule has 20 heavy (non-hydrogen) atoms. The summed E-state index contributed by atoms with van der Waals surface area (Å²) < 4.78 is 41.1. The Morgan fingerprint density at radius 3 is 2.85 bits per heavy atom. The van der Waals surface area contributed by atoms with Crippen LogP contribution in [0, 0.1) is 5.82 Å². The molecule has 0 aromatic heterocycles. The number of thioether (sulfide) groups is 1. The zero-order valence-corrected chi connectivity index (χ0v) is 14.3. The molecule has 0 radical (unpaired) electrons. The molecule has 1 fully saturated rings. The third kappa shape index (κ3) is 3.75. The van der Waals surface area contributed by atoms with Gasteiger partial charge in [-0.25, -0.2) is 17.5 Å². The average Bonchev–Trinajstić information content (AvgIpc) is 2.80. The first-order chi connectivity index (χ1) is 9.44. The number of hydrogen-bond donors (Lipinski definition) is 1. The number of sulfonamides is 1. The lowest BCUT2D eigenvalue weighted by Crippen LogP contribution is -2.38. The van der Waals surface area contributed by atoms with E-state index in [1.807, 2.05) is 0 Å². The van der Waals surface area contributed by atoms with E-state index >= 15 is 0 Å². The van der Waals surface area contributed by atoms with Crippen LogP contribution >= 0.6 is 27.7 Å². The van der Waals surface area contributed by atoms with E-state index < -0.39 is 15.8 Å². The van der Waals surface area contributed by atoms with E-state index in [9.17, 15) is 12.8 Å². The molecular formula is C13H17BrFNO2S2. The van der Waals surface area contributed by atoms with Gasteiger partial charge >= 0.3 is 0 Å². The maximum atomic E-state index is 13.5. The number of nitrogens with one attached hydrogen (secondary N) is 1. The summed E-state index contributed by atoms with van der Waals surface area (Å²) in [6.07, 6.45) is 2.90. The van der Waals surface area contributed by atoms with Gasteiger partial charge in [0.25, 0.3) is 0 Å². The van der Waals surface area contributed by atoms with Gasteiger partial charge in [-0.1, -0.05) is 13.3 Å². The Balaban J connectivity index is 2.16. The molecule has 2 unspecified atom stereocenters. The molecule has 0 spiro atoms. The average molecular weight is 382 g/mol. The van der Waals surface area contributed by atoms with E-state index in [0.29, 0.717) is 5.25 Å². The second-order valence-electron chi connectivity index (χ2n) is 4.73. The SMILES string of the molecule is CCSC1CCCC1NS(=O)(=O)c1ccc(Br)c(F)c1. The summed E-state index contributed by atoms with van der Waals surface area (Å²) in [6, 6.07) is 3.81. The molecule has 1 aromatic rings. The van der Waals surface area contributed by atoms with Crippen molar-refractivity contribution < 1.29 is 12.8 Å². The first kappa shape index (κ1) is 16.3. The van der Waals surface area contributed by atoms with E-state index in [0.717, 1.165) is 31.1 Å². The van der Waals surface area contributed by atoms with Crippen molar-refractivity contribution in [3.8, 4) is 0 Å². The van der Waals surface area contributed by atoms with Crippen molar-refractivity contribution >= 4 is 37.7 Å². The van der Waals surface area contributed by atoms with E-state index in [4.69, 9.17) is 0 Å². The smallest absolute Gasteiger partial charge is 0.207 e. The Labute approximate surface area is 131 Å². The van der Waals surface area contributed by atoms with Gasteiger partial charge in [-0.3, -0.25) is 0 Å². The maximum Gasteiger partial charge on any atom is 0.240 e. The molecule has 0 saturated heterocycles. The van der Waals surface area contributed by atoms with E-state index in [-0.39, 0.29) is 15.4 Å². The van der Waals surface area contributed by atoms with Crippen LogP contribution in [0.5, 0.6) is 0 Å². The van der Waals surface area contributed by atoms with Crippen molar-refractivity contribution in [3.63, 3.8) is 0 Å². The molecule has 0 amide bonds. The van der Waals surface area contributed by atoms with E-state index in [2.05, 4.69) is 27.6 Å². The summed E-state index contributed by atoms with van der Waals surface area (Å²) in [5.41, 5.74) is 0. The predicted octanol–water partition coefficient (Wildman–Crippen LogP) is 3.54. The van der Waals surface area contributed by atoms with Crippen LogP contribution in [0.1, 0.15) is 26.2 Å². The largest absolute Gasteiger partial charge is 0.240 e. The minimum atomic E-state index is -3.66. The molecule has 1 aliphatic rings. The van der Waals surface area contributed by atoms with Gasteiger partial charge in [-0.05, 0) is 52.7 Å². The monoisotopic (exact) mass is 381 g/mol. The summed E-state index contributed by atoms with van der Waals surface area (Å²) in [7, 11) is -3.66. The van der Waals surface area contributed by atoms with E-state index in [1.54, 1.807) is 11.8 Å². The summed E-state index contributed by atoms with van der Waals surface area (Å²) in [4.78, 5) is -0.0228. The van der Waals surface area contributed by atoms with Gasteiger partial charge in [0.05, 0.1) is 9.37 Å². The Bertz CT molecular complexity index is 580. The van der Waals surface area contributed by atoms with Gasteiger partial charge in [0.2, 0.25) is 10.0 Å². The fourth-order valence-corrected chi connectivity index (χ4v) is 5.24. The van der Waals surface area contributed by atoms with Crippen LogP contribution in [0.15, 0.2) is 27.6 Å². The molecule has 1 N–H and O–H groups in total. The molecule has 2 rings (SSSR count). The Kier molecular flexibility index (Phi) is 5.50. The Hall–Kier alpha value is -0.110. The van der Waals surface area contributed by atoms with Gasteiger partial charge in [-0.15, -0.1) is 0 Å². The third-order valence-corrected chi connectivity index (χ3v) is 6.80. The summed E-state index contributed by atoms with van der Waals surface area (Å²) in [5.74, 6) is 0.397. The minimum Gasteiger partial charge on any atom is -0.207 e. The van der Waals surface area contributed by atoms with Gasteiger partial charge < -0.3 is 0 Å². The lowest BCUT2D eigenvalue weighted by molar-refractivity contribution is 0.552. The number of halogens is 2. The fraction of sp³-hybridized carbons (Fsp3) is 0.538. The molecule has 2 atom stereocenters. The normalized spacial score (nSPS) is 23.1. The highest BCUT2D eigenvalue weighted by Gasteiger charge is 2.31. The van der Waals surface area contributed by atoms with Crippen molar-refractivity contribution in [1.82, 2.24) is 4.72 Å². The van der Waals surface area contributed by atoms with Crippen LogP contribution in [0.4, 0.5) is 4.39 Å². The van der Waals surface area contributed by atoms with Crippen molar-refractivity contribution in [3.05, 3.63) is 28.5 Å². The molecule has 112 valence electrons. The van der Waals surface area contributed by atoms with Gasteiger partial charge in [0, 0.05) is 11.3 Å². The number of rotatable bonds is 5. The van der Waals surface area contributed by atoms with Crippen LogP contribution in [-0.2, 0) is 10.0 Å². The molecule has 0 heterocycles. The van der Waals surface area contributed by atoms with Crippen LogP contribution in [-0.4, -0.2) is 25.5 Å². The number of hydrogen-bond acceptors (Lipinski definition) is 3. The van der Waals surface area contributed by atoms with Gasteiger partial charge in [-0.2, -0.15) is 11.8 Å².